The van der Waals surface area contributed by atoms with Crippen molar-refractivity contribution >= 4 is 50.7 Å². The van der Waals surface area contributed by atoms with Gasteiger partial charge in [-0.1, -0.05) is 85.1 Å². The normalized spacial score (nSPS) is 25.1. The first-order chi connectivity index (χ1) is 25.8. The van der Waals surface area contributed by atoms with Gasteiger partial charge in [-0.05, 0) is 87.0 Å². The lowest BCUT2D eigenvalue weighted by Gasteiger charge is -2.44. The van der Waals surface area contributed by atoms with Crippen molar-refractivity contribution in [3.63, 3.8) is 0 Å². The summed E-state index contributed by atoms with van der Waals surface area (Å²) in [5, 5.41) is 13.7. The number of nitrogens with zero attached hydrogens (tertiary/aromatic N) is 1. The molecule has 1 aliphatic heterocycles. The van der Waals surface area contributed by atoms with Crippen molar-refractivity contribution in [3.05, 3.63) is 22.4 Å². The van der Waals surface area contributed by atoms with Crippen LogP contribution in [0.2, 0.25) is 0 Å². The summed E-state index contributed by atoms with van der Waals surface area (Å²) in [5.74, 6) is -2.53. The molecule has 2 heterocycles. The predicted molar refractivity (Wildman–Crippen MR) is 215 cm³/mol. The average molecular weight is 804 g/mol. The molecule has 0 aromatic carbocycles. The minimum Gasteiger partial charge on any atom is -0.345 e. The topological polar surface area (TPSA) is 171 Å². The van der Waals surface area contributed by atoms with E-state index in [1.165, 1.54) is 11.3 Å². The van der Waals surface area contributed by atoms with E-state index in [9.17, 15) is 32.4 Å². The lowest BCUT2D eigenvalue weighted by molar-refractivity contribution is -0.146. The fourth-order valence-corrected chi connectivity index (χ4v) is 11.6. The number of amides is 5. The minimum atomic E-state index is -3.57. The standard InChI is InChI=1S/C41H65N5O7S2/c1-8-9-18-29(32(47)35(49)42-24-27-17-16-23-54-27)43-34(48)31-30-28(39(30,5)6)25-46(31)36(50)33(40(7)19-12-10-13-20-40)44-37(51)45-41(21-14-11-15-22-41)26-55(52,53)38(2,3)4/h16-17,23,28-31,33H,8-15,18-22,24-26H2,1-7H3,(H,42,49)(H,43,48)(H2,44,45,51)/t28-,29?,30-,31-,33+/m0/s1. The Labute approximate surface area is 332 Å². The van der Waals surface area contributed by atoms with E-state index < -0.39 is 67.3 Å². The van der Waals surface area contributed by atoms with Gasteiger partial charge in [0.2, 0.25) is 17.6 Å². The highest BCUT2D eigenvalue weighted by molar-refractivity contribution is 7.92. The first-order valence-electron chi connectivity index (χ1n) is 20.5. The summed E-state index contributed by atoms with van der Waals surface area (Å²) in [6, 6.07) is 0.301. The van der Waals surface area contributed by atoms with Crippen LogP contribution in [0.1, 0.15) is 137 Å². The van der Waals surface area contributed by atoms with Crippen molar-refractivity contribution in [2.75, 3.05) is 12.3 Å². The predicted octanol–water partition coefficient (Wildman–Crippen LogP) is 5.65. The molecule has 0 bridgehead atoms. The van der Waals surface area contributed by atoms with Crippen LogP contribution in [0.5, 0.6) is 0 Å². The molecule has 3 aliphatic carbocycles. The van der Waals surface area contributed by atoms with E-state index in [-0.39, 0.29) is 35.5 Å². The third kappa shape index (κ3) is 9.59. The number of likely N-dealkylation sites (tertiary alicyclic amines) is 1. The molecule has 0 spiro atoms. The van der Waals surface area contributed by atoms with Gasteiger partial charge in [-0.2, -0.15) is 0 Å². The third-order valence-corrected chi connectivity index (χ3v) is 16.9. The quantitative estimate of drug-likeness (QED) is 0.166. The summed E-state index contributed by atoms with van der Waals surface area (Å²) >= 11 is 1.47. The van der Waals surface area contributed by atoms with Crippen LogP contribution in [0, 0.1) is 22.7 Å². The lowest BCUT2D eigenvalue weighted by Crippen LogP contribution is -2.65. The number of carbonyl (C=O) groups is 5. The molecule has 1 saturated heterocycles. The van der Waals surface area contributed by atoms with Gasteiger partial charge in [0.1, 0.15) is 12.1 Å². The van der Waals surface area contributed by atoms with Gasteiger partial charge < -0.3 is 26.2 Å². The highest BCUT2D eigenvalue weighted by atomic mass is 32.2. The summed E-state index contributed by atoms with van der Waals surface area (Å²) in [6.07, 6.45) is 9.53. The Balaban J connectivity index is 1.38. The Bertz CT molecular complexity index is 1670. The van der Waals surface area contributed by atoms with E-state index in [1.54, 1.807) is 25.7 Å². The third-order valence-electron chi connectivity index (χ3n) is 13.3. The second-order valence-corrected chi connectivity index (χ2v) is 22.5. The van der Waals surface area contributed by atoms with Gasteiger partial charge in [0.05, 0.1) is 28.6 Å². The van der Waals surface area contributed by atoms with Gasteiger partial charge in [-0.15, -0.1) is 11.3 Å². The SMILES string of the molecule is CCCCC(NC(=O)[C@@H]1[C@@H]2[C@H](CN1C(=O)[C@@H](NC(=O)NC1(CS(=O)(=O)C(C)(C)C)CCCCC1)C1(C)CCCCC1)C2(C)C)C(=O)C(=O)NCc1cccs1. The minimum absolute atomic E-state index is 0.0628. The molecule has 0 radical (unpaired) electrons. The van der Waals surface area contributed by atoms with E-state index in [2.05, 4.69) is 35.1 Å². The van der Waals surface area contributed by atoms with Gasteiger partial charge >= 0.3 is 6.03 Å². The molecule has 55 heavy (non-hydrogen) atoms. The second kappa shape index (κ2) is 16.8. The molecule has 12 nitrogen and oxygen atoms in total. The zero-order valence-corrected chi connectivity index (χ0v) is 35.7. The highest BCUT2D eigenvalue weighted by Gasteiger charge is 2.70. The highest BCUT2D eigenvalue weighted by Crippen LogP contribution is 2.65. The van der Waals surface area contributed by atoms with Crippen LogP contribution in [0.3, 0.4) is 0 Å². The van der Waals surface area contributed by atoms with E-state index in [1.807, 2.05) is 31.4 Å². The maximum atomic E-state index is 15.0. The summed E-state index contributed by atoms with van der Waals surface area (Å²) in [7, 11) is -3.57. The summed E-state index contributed by atoms with van der Waals surface area (Å²) < 4.78 is 26.0. The summed E-state index contributed by atoms with van der Waals surface area (Å²) in [6.45, 7) is 13.8. The number of Topliss-reactive ketones (excluding diaryl/α,β-unsaturated/α-hetero) is 1. The smallest absolute Gasteiger partial charge is 0.315 e. The molecule has 308 valence electrons. The molecule has 5 rings (SSSR count). The monoisotopic (exact) mass is 803 g/mol. The number of fused-ring (bicyclic) bond motifs is 1. The first kappa shape index (κ1) is 43.1. The number of hydrogen-bond acceptors (Lipinski definition) is 8. The molecule has 4 aliphatic rings. The maximum Gasteiger partial charge on any atom is 0.315 e. The van der Waals surface area contributed by atoms with E-state index >= 15 is 0 Å². The molecular formula is C41H65N5O7S2. The van der Waals surface area contributed by atoms with E-state index in [0.29, 0.717) is 45.1 Å². The van der Waals surface area contributed by atoms with Crippen LogP contribution in [0.25, 0.3) is 0 Å². The summed E-state index contributed by atoms with van der Waals surface area (Å²) in [4.78, 5) is 72.6. The van der Waals surface area contributed by atoms with Gasteiger partial charge in [-0.25, -0.2) is 13.2 Å². The Hall–Kier alpha value is -3.00. The number of hydrogen-bond donors (Lipinski definition) is 4. The Morgan fingerprint density at radius 1 is 0.945 bits per heavy atom. The van der Waals surface area contributed by atoms with Crippen LogP contribution in [-0.2, 0) is 35.6 Å². The van der Waals surface area contributed by atoms with Crippen LogP contribution in [-0.4, -0.2) is 83.6 Å². The van der Waals surface area contributed by atoms with Crippen molar-refractivity contribution in [3.8, 4) is 0 Å². The van der Waals surface area contributed by atoms with Crippen molar-refractivity contribution < 1.29 is 32.4 Å². The van der Waals surface area contributed by atoms with Crippen LogP contribution in [0.4, 0.5) is 4.79 Å². The molecule has 4 fully saturated rings. The van der Waals surface area contributed by atoms with Crippen molar-refractivity contribution in [2.45, 2.75) is 167 Å². The van der Waals surface area contributed by atoms with Gasteiger partial charge in [0.15, 0.2) is 9.84 Å². The lowest BCUT2D eigenvalue weighted by atomic mass is 9.70. The number of unbranched alkanes of at least 4 members (excludes halogenated alkanes) is 1. The van der Waals surface area contributed by atoms with Crippen LogP contribution >= 0.6 is 11.3 Å². The van der Waals surface area contributed by atoms with Gasteiger partial charge in [0.25, 0.3) is 5.91 Å². The first-order valence-corrected chi connectivity index (χ1v) is 23.0. The fourth-order valence-electron chi connectivity index (χ4n) is 9.44. The van der Waals surface area contributed by atoms with Crippen molar-refractivity contribution in [2.24, 2.45) is 22.7 Å². The number of carbonyl (C=O) groups excluding carboxylic acids is 5. The van der Waals surface area contributed by atoms with Gasteiger partial charge in [-0.3, -0.25) is 19.2 Å². The van der Waals surface area contributed by atoms with Gasteiger partial charge in [0, 0.05) is 11.4 Å². The molecule has 1 aromatic rings. The van der Waals surface area contributed by atoms with Crippen LogP contribution < -0.4 is 21.3 Å². The number of urea groups is 1. The number of piperidine rings is 1. The Morgan fingerprint density at radius 3 is 2.16 bits per heavy atom. The Kier molecular flexibility index (Phi) is 13.2. The zero-order chi connectivity index (χ0) is 40.4. The summed E-state index contributed by atoms with van der Waals surface area (Å²) in [5.41, 5.74) is -1.75. The molecule has 14 heteroatoms. The number of thiophene rings is 1. The van der Waals surface area contributed by atoms with E-state index in [4.69, 9.17) is 0 Å². The molecule has 3 saturated carbocycles. The van der Waals surface area contributed by atoms with Crippen LogP contribution in [0.15, 0.2) is 17.5 Å². The Morgan fingerprint density at radius 2 is 1.58 bits per heavy atom. The molecule has 1 unspecified atom stereocenters. The molecular weight excluding hydrogens is 739 g/mol. The number of rotatable bonds is 15. The average Bonchev–Trinajstić information content (AvgIpc) is 3.54. The van der Waals surface area contributed by atoms with Crippen molar-refractivity contribution in [1.82, 2.24) is 26.2 Å². The second-order valence-electron chi connectivity index (χ2n) is 18.7. The van der Waals surface area contributed by atoms with E-state index in [0.717, 1.165) is 49.8 Å². The van der Waals surface area contributed by atoms with Crippen molar-refractivity contribution in [1.29, 1.82) is 0 Å². The molecule has 4 N–H and O–H groups in total. The fraction of sp³-hybridized carbons (Fsp3) is 0.780. The molecule has 1 aromatic heterocycles. The molecule has 5 atom stereocenters. The maximum absolute atomic E-state index is 15.0. The number of ketones is 1. The zero-order valence-electron chi connectivity index (χ0n) is 34.1. The molecule has 5 amide bonds. The number of nitrogens with one attached hydrogen (secondary N) is 4. The largest absolute Gasteiger partial charge is 0.345 e. The number of sulfone groups is 1.